The average Bonchev–Trinajstić information content (AvgIpc) is 3.68. The zero-order valence-corrected chi connectivity index (χ0v) is 26.1. The number of benzene rings is 2. The van der Waals surface area contributed by atoms with E-state index in [1.54, 1.807) is 19.1 Å². The third kappa shape index (κ3) is 6.83. The van der Waals surface area contributed by atoms with Crippen molar-refractivity contribution in [1.29, 1.82) is 0 Å². The highest BCUT2D eigenvalue weighted by atomic mass is 32.2. The van der Waals surface area contributed by atoms with E-state index in [4.69, 9.17) is 9.47 Å². The van der Waals surface area contributed by atoms with Gasteiger partial charge in [-0.2, -0.15) is 0 Å². The molecule has 2 aromatic heterocycles. The molecule has 4 aromatic rings. The summed E-state index contributed by atoms with van der Waals surface area (Å²) in [6, 6.07) is 17.2. The third-order valence-electron chi connectivity index (χ3n) is 7.84. The number of ether oxygens (including phenoxy) is 2. The van der Waals surface area contributed by atoms with Crippen LogP contribution in [0.2, 0.25) is 0 Å². The SMILES string of the molecule is CCOC(=O)N(CC(=O)[C@@H]1CN(C(=O)OCc2ccccc2)C[C@@H]1CC)c1cnc2ccn(S(=O)(=O)c3ccc(C)cc3)c2n1. The zero-order valence-electron chi connectivity index (χ0n) is 25.3. The van der Waals surface area contributed by atoms with E-state index in [1.165, 1.54) is 35.5 Å². The Morgan fingerprint density at radius 2 is 1.71 bits per heavy atom. The summed E-state index contributed by atoms with van der Waals surface area (Å²) in [4.78, 5) is 51.1. The maximum Gasteiger partial charge on any atom is 0.415 e. The first-order valence-electron chi connectivity index (χ1n) is 14.7. The van der Waals surface area contributed by atoms with E-state index in [0.29, 0.717) is 13.0 Å². The summed E-state index contributed by atoms with van der Waals surface area (Å²) in [7, 11) is -4.03. The van der Waals surface area contributed by atoms with Crippen LogP contribution in [-0.4, -0.2) is 71.5 Å². The van der Waals surface area contributed by atoms with Crippen molar-refractivity contribution in [3.05, 3.63) is 84.2 Å². The molecule has 0 saturated carbocycles. The van der Waals surface area contributed by atoms with Crippen LogP contribution < -0.4 is 4.90 Å². The molecule has 0 radical (unpaired) electrons. The highest BCUT2D eigenvalue weighted by molar-refractivity contribution is 7.90. The Hall–Kier alpha value is -4.78. The summed E-state index contributed by atoms with van der Waals surface area (Å²) in [5, 5.41) is 0. The lowest BCUT2D eigenvalue weighted by atomic mass is 9.90. The number of Topliss-reactive ketones (excluding diaryl/α,β-unsaturated/α-hetero) is 1. The highest BCUT2D eigenvalue weighted by Crippen LogP contribution is 2.29. The molecular weight excluding hydrogens is 598 g/mol. The summed E-state index contributed by atoms with van der Waals surface area (Å²) in [6.07, 6.45) is 1.94. The fourth-order valence-corrected chi connectivity index (χ4v) is 6.63. The van der Waals surface area contributed by atoms with Crippen molar-refractivity contribution in [2.45, 2.75) is 38.7 Å². The van der Waals surface area contributed by atoms with Crippen LogP contribution in [0.4, 0.5) is 15.4 Å². The van der Waals surface area contributed by atoms with Crippen LogP contribution >= 0.6 is 0 Å². The first kappa shape index (κ1) is 31.6. The molecule has 236 valence electrons. The predicted octanol–water partition coefficient (Wildman–Crippen LogP) is 4.80. The molecule has 0 unspecified atom stereocenters. The number of nitrogens with zero attached hydrogens (tertiary/aromatic N) is 5. The van der Waals surface area contributed by atoms with Gasteiger partial charge in [-0.15, -0.1) is 0 Å². The number of hydrogen-bond donors (Lipinski definition) is 0. The number of carbonyl (C=O) groups excluding carboxylic acids is 3. The maximum atomic E-state index is 13.7. The van der Waals surface area contributed by atoms with E-state index in [2.05, 4.69) is 9.97 Å². The quantitative estimate of drug-likeness (QED) is 0.241. The minimum atomic E-state index is -4.03. The smallest absolute Gasteiger partial charge is 0.415 e. The van der Waals surface area contributed by atoms with Gasteiger partial charge in [-0.3, -0.25) is 9.69 Å². The Kier molecular flexibility index (Phi) is 9.47. The topological polar surface area (TPSA) is 141 Å². The van der Waals surface area contributed by atoms with Crippen LogP contribution in [0.5, 0.6) is 0 Å². The first-order valence-corrected chi connectivity index (χ1v) is 16.1. The van der Waals surface area contributed by atoms with Gasteiger partial charge in [0.1, 0.15) is 12.1 Å². The monoisotopic (exact) mass is 633 g/mol. The molecule has 1 aliphatic rings. The lowest BCUT2D eigenvalue weighted by Crippen LogP contribution is -2.41. The van der Waals surface area contributed by atoms with Gasteiger partial charge in [0.2, 0.25) is 0 Å². The highest BCUT2D eigenvalue weighted by Gasteiger charge is 2.40. The second-order valence-electron chi connectivity index (χ2n) is 10.8. The molecule has 2 aromatic carbocycles. The van der Waals surface area contributed by atoms with Crippen molar-refractivity contribution >= 4 is 45.0 Å². The zero-order chi connectivity index (χ0) is 32.1. The predicted molar refractivity (Wildman–Crippen MR) is 166 cm³/mol. The molecule has 0 spiro atoms. The van der Waals surface area contributed by atoms with Gasteiger partial charge in [0.25, 0.3) is 10.0 Å². The Bertz CT molecular complexity index is 1790. The Morgan fingerprint density at radius 1 is 0.978 bits per heavy atom. The maximum absolute atomic E-state index is 13.7. The van der Waals surface area contributed by atoms with Crippen LogP contribution in [0.15, 0.2) is 78.0 Å². The van der Waals surface area contributed by atoms with Gasteiger partial charge in [-0.25, -0.2) is 31.9 Å². The van der Waals surface area contributed by atoms with E-state index in [1.807, 2.05) is 44.2 Å². The second kappa shape index (κ2) is 13.5. The Labute approximate surface area is 261 Å². The van der Waals surface area contributed by atoms with Gasteiger partial charge < -0.3 is 14.4 Å². The number of fused-ring (bicyclic) bond motifs is 1. The summed E-state index contributed by atoms with van der Waals surface area (Å²) in [5.41, 5.74) is 2.04. The van der Waals surface area contributed by atoms with Crippen molar-refractivity contribution < 1.29 is 32.3 Å². The number of amides is 2. The molecule has 2 atom stereocenters. The molecule has 1 saturated heterocycles. The van der Waals surface area contributed by atoms with Gasteiger partial charge in [0.15, 0.2) is 17.2 Å². The lowest BCUT2D eigenvalue weighted by molar-refractivity contribution is -0.122. The Balaban J connectivity index is 1.38. The van der Waals surface area contributed by atoms with Gasteiger partial charge in [-0.05, 0) is 43.5 Å². The van der Waals surface area contributed by atoms with E-state index in [0.717, 1.165) is 20.0 Å². The van der Waals surface area contributed by atoms with Crippen LogP contribution in [-0.2, 0) is 30.9 Å². The van der Waals surface area contributed by atoms with E-state index in [9.17, 15) is 22.8 Å². The van der Waals surface area contributed by atoms with Crippen molar-refractivity contribution in [2.24, 2.45) is 11.8 Å². The molecule has 0 N–H and O–H groups in total. The van der Waals surface area contributed by atoms with Crippen molar-refractivity contribution in [3.8, 4) is 0 Å². The van der Waals surface area contributed by atoms with E-state index in [-0.39, 0.29) is 53.3 Å². The molecule has 3 heterocycles. The van der Waals surface area contributed by atoms with E-state index < -0.39 is 34.7 Å². The molecule has 1 fully saturated rings. The van der Waals surface area contributed by atoms with Gasteiger partial charge in [0.05, 0.1) is 24.2 Å². The van der Waals surface area contributed by atoms with Crippen LogP contribution in [0, 0.1) is 18.8 Å². The van der Waals surface area contributed by atoms with Crippen LogP contribution in [0.3, 0.4) is 0 Å². The summed E-state index contributed by atoms with van der Waals surface area (Å²) in [5.74, 6) is -1.04. The minimum Gasteiger partial charge on any atom is -0.449 e. The molecule has 0 aliphatic carbocycles. The number of ketones is 1. The summed E-state index contributed by atoms with van der Waals surface area (Å²) < 4.78 is 38.6. The number of rotatable bonds is 10. The van der Waals surface area contributed by atoms with Crippen molar-refractivity contribution in [3.63, 3.8) is 0 Å². The fourth-order valence-electron chi connectivity index (χ4n) is 5.34. The second-order valence-corrected chi connectivity index (χ2v) is 12.7. The minimum absolute atomic E-state index is 0.00513. The molecule has 5 rings (SSSR count). The normalized spacial score (nSPS) is 16.5. The number of aryl methyl sites for hydroxylation is 1. The molecule has 12 nitrogen and oxygen atoms in total. The number of carbonyl (C=O) groups is 3. The molecule has 1 aliphatic heterocycles. The molecule has 2 amide bonds. The molecule has 0 bridgehead atoms. The summed E-state index contributed by atoms with van der Waals surface area (Å²) >= 11 is 0. The third-order valence-corrected chi connectivity index (χ3v) is 9.52. The Morgan fingerprint density at radius 3 is 2.40 bits per heavy atom. The molecule has 13 heteroatoms. The summed E-state index contributed by atoms with van der Waals surface area (Å²) in [6.45, 7) is 5.67. The van der Waals surface area contributed by atoms with Crippen molar-refractivity contribution in [2.75, 3.05) is 31.1 Å². The molecular formula is C32H35N5O7S. The number of aromatic nitrogens is 3. The average molecular weight is 634 g/mol. The van der Waals surface area contributed by atoms with Crippen LogP contribution in [0.25, 0.3) is 11.2 Å². The first-order chi connectivity index (χ1) is 21.6. The van der Waals surface area contributed by atoms with E-state index >= 15 is 0 Å². The lowest BCUT2D eigenvalue weighted by Gasteiger charge is -2.23. The standard InChI is InChI=1S/C32H35N5O7S/c1-4-24-18-35(31(39)44-21-23-9-7-6-8-10-23)19-26(24)28(38)20-36(32(40)43-5-2)29-17-33-27-15-16-37(30(27)34-29)45(41,42)25-13-11-22(3)12-14-25/h6-17,24,26H,4-5,18-21H2,1-3H3/t24-,26+/m0/s1. The fraction of sp³-hybridized carbons (Fsp3) is 0.344. The number of likely N-dealkylation sites (tertiary alicyclic amines) is 1. The van der Waals surface area contributed by atoms with Crippen molar-refractivity contribution in [1.82, 2.24) is 18.8 Å². The van der Waals surface area contributed by atoms with Gasteiger partial charge in [-0.1, -0.05) is 61.4 Å². The largest absolute Gasteiger partial charge is 0.449 e. The van der Waals surface area contributed by atoms with Crippen LogP contribution in [0.1, 0.15) is 31.4 Å². The molecule has 45 heavy (non-hydrogen) atoms. The number of anilines is 1. The van der Waals surface area contributed by atoms with Gasteiger partial charge in [0, 0.05) is 25.2 Å². The van der Waals surface area contributed by atoms with Gasteiger partial charge >= 0.3 is 12.2 Å². The number of hydrogen-bond acceptors (Lipinski definition) is 9.